The van der Waals surface area contributed by atoms with Crippen molar-refractivity contribution in [1.82, 2.24) is 0 Å². The van der Waals surface area contributed by atoms with E-state index in [2.05, 4.69) is 6.58 Å². The van der Waals surface area contributed by atoms with Gasteiger partial charge < -0.3 is 13.8 Å². The normalized spacial score (nSPS) is 12.2. The molecule has 0 rings (SSSR count). The molecule has 0 fully saturated rings. The van der Waals surface area contributed by atoms with Crippen molar-refractivity contribution >= 4 is 16.1 Å². The summed E-state index contributed by atoms with van der Waals surface area (Å²) in [6.45, 7) is 4.60. The Morgan fingerprint density at radius 1 is 1.41 bits per heavy atom. The Hall–Kier alpha value is -0.920. The molecule has 0 unspecified atom stereocenters. The predicted molar refractivity (Wildman–Crippen MR) is 62.2 cm³/mol. The van der Waals surface area contributed by atoms with Crippen LogP contribution in [0.25, 0.3) is 0 Å². The second-order valence-electron chi connectivity index (χ2n) is 4.37. The van der Waals surface area contributed by atoms with E-state index in [0.717, 1.165) is 6.08 Å². The third-order valence-electron chi connectivity index (χ3n) is 2.27. The largest absolute Gasteiger partial charge is 0.748 e. The maximum atomic E-state index is 10.8. The number of rotatable bonds is 8. The zero-order valence-electron chi connectivity index (χ0n) is 10.2. The molecule has 0 aliphatic heterocycles. The van der Waals surface area contributed by atoms with Gasteiger partial charge in [-0.3, -0.25) is 0 Å². The van der Waals surface area contributed by atoms with Gasteiger partial charge in [0.1, 0.15) is 13.2 Å². The fraction of sp³-hybridized carbons (Fsp3) is 0.700. The Morgan fingerprint density at radius 2 is 2.00 bits per heavy atom. The van der Waals surface area contributed by atoms with E-state index in [0.29, 0.717) is 24.0 Å². The molecule has 7 heteroatoms. The first-order valence-electron chi connectivity index (χ1n) is 5.21. The zero-order chi connectivity index (χ0) is 13.5. The molecule has 0 N–H and O–H groups in total. The van der Waals surface area contributed by atoms with Crippen LogP contribution in [0.15, 0.2) is 12.7 Å². The number of hydrogen-bond donors (Lipinski definition) is 0. The molecule has 0 aliphatic carbocycles. The number of carbonyl (C=O) groups excluding carboxylic acids is 1. The summed E-state index contributed by atoms with van der Waals surface area (Å²) < 4.78 is 36.6. The summed E-state index contributed by atoms with van der Waals surface area (Å²) in [5, 5.41) is 0. The lowest BCUT2D eigenvalue weighted by molar-refractivity contribution is -0.890. The van der Waals surface area contributed by atoms with Crippen LogP contribution in [0, 0.1) is 0 Å². The summed E-state index contributed by atoms with van der Waals surface area (Å²) in [5.41, 5.74) is 0. The fourth-order valence-electron chi connectivity index (χ4n) is 1.23. The number of hydrogen-bond acceptors (Lipinski definition) is 5. The Morgan fingerprint density at radius 3 is 2.47 bits per heavy atom. The number of esters is 1. The molecule has 17 heavy (non-hydrogen) atoms. The Kier molecular flexibility index (Phi) is 6.36. The molecule has 0 saturated heterocycles. The molecule has 0 aromatic rings. The third kappa shape index (κ3) is 9.98. The van der Waals surface area contributed by atoms with Crippen molar-refractivity contribution in [2.75, 3.05) is 39.5 Å². The summed E-state index contributed by atoms with van der Waals surface area (Å²) in [6, 6.07) is 0. The van der Waals surface area contributed by atoms with E-state index < -0.39 is 16.1 Å². The standard InChI is InChI=1S/C10H19NO5S/c1-4-10(12)16-8-7-11(2,3)6-5-9-17(13,14)15/h4H,1,5-9H2,2-3H3. The van der Waals surface area contributed by atoms with Crippen LogP contribution in [-0.2, 0) is 19.6 Å². The molecule has 0 amide bonds. The molecule has 100 valence electrons. The van der Waals surface area contributed by atoms with E-state index in [9.17, 15) is 17.8 Å². The number of quaternary nitrogens is 1. The van der Waals surface area contributed by atoms with Gasteiger partial charge >= 0.3 is 5.97 Å². The van der Waals surface area contributed by atoms with Gasteiger partial charge in [-0.15, -0.1) is 0 Å². The minimum Gasteiger partial charge on any atom is -0.748 e. The number of ether oxygens (including phenoxy) is 1. The summed E-state index contributed by atoms with van der Waals surface area (Å²) in [6.07, 6.45) is 1.39. The molecular weight excluding hydrogens is 246 g/mol. The van der Waals surface area contributed by atoms with Gasteiger partial charge in [-0.05, 0) is 0 Å². The summed E-state index contributed by atoms with van der Waals surface area (Å²) >= 11 is 0. The van der Waals surface area contributed by atoms with Crippen molar-refractivity contribution in [3.8, 4) is 0 Å². The highest BCUT2D eigenvalue weighted by Gasteiger charge is 2.15. The Labute approximate surface area is 102 Å². The van der Waals surface area contributed by atoms with Gasteiger partial charge in [-0.25, -0.2) is 13.2 Å². The summed E-state index contributed by atoms with van der Waals surface area (Å²) in [7, 11) is -0.395. The van der Waals surface area contributed by atoms with E-state index in [1.165, 1.54) is 0 Å². The lowest BCUT2D eigenvalue weighted by Crippen LogP contribution is -2.43. The van der Waals surface area contributed by atoms with Crippen LogP contribution >= 0.6 is 0 Å². The molecule has 0 heterocycles. The first kappa shape index (κ1) is 16.1. The van der Waals surface area contributed by atoms with Gasteiger partial charge in [-0.1, -0.05) is 6.58 Å². The second-order valence-corrected chi connectivity index (χ2v) is 5.89. The second kappa shape index (κ2) is 6.73. The lowest BCUT2D eigenvalue weighted by atomic mass is 10.3. The third-order valence-corrected chi connectivity index (χ3v) is 3.05. The molecule has 0 radical (unpaired) electrons. The molecule has 0 aromatic heterocycles. The van der Waals surface area contributed by atoms with Crippen LogP contribution in [0.1, 0.15) is 6.42 Å². The molecule has 0 aliphatic rings. The number of nitrogens with zero attached hydrogens (tertiary/aromatic N) is 1. The van der Waals surface area contributed by atoms with Gasteiger partial charge in [0.25, 0.3) is 0 Å². The minimum absolute atomic E-state index is 0.238. The molecule has 0 aromatic carbocycles. The van der Waals surface area contributed by atoms with Crippen molar-refractivity contribution in [3.05, 3.63) is 12.7 Å². The van der Waals surface area contributed by atoms with Crippen LogP contribution in [0.4, 0.5) is 0 Å². The SMILES string of the molecule is C=CC(=O)OCC[N+](C)(C)CCCS(=O)(=O)[O-]. The quantitative estimate of drug-likeness (QED) is 0.261. The van der Waals surface area contributed by atoms with Crippen molar-refractivity contribution in [3.63, 3.8) is 0 Å². The van der Waals surface area contributed by atoms with Gasteiger partial charge in [0.15, 0.2) is 0 Å². The lowest BCUT2D eigenvalue weighted by Gasteiger charge is -2.29. The topological polar surface area (TPSA) is 83.5 Å². The summed E-state index contributed by atoms with van der Waals surface area (Å²) in [5.74, 6) is -0.839. The first-order chi connectivity index (χ1) is 7.66. The predicted octanol–water partition coefficient (Wildman–Crippen LogP) is -0.273. The zero-order valence-corrected chi connectivity index (χ0v) is 11.0. The Balaban J connectivity index is 3.87. The average molecular weight is 265 g/mol. The Bertz CT molecular complexity index is 361. The van der Waals surface area contributed by atoms with E-state index in [4.69, 9.17) is 4.74 Å². The van der Waals surface area contributed by atoms with Gasteiger partial charge in [0.2, 0.25) is 0 Å². The molecular formula is C10H19NO5S. The molecule has 0 bridgehead atoms. The van der Waals surface area contributed by atoms with Crippen LogP contribution < -0.4 is 0 Å². The fourth-order valence-corrected chi connectivity index (χ4v) is 1.72. The van der Waals surface area contributed by atoms with Gasteiger partial charge in [0.05, 0.1) is 30.8 Å². The molecule has 6 nitrogen and oxygen atoms in total. The van der Waals surface area contributed by atoms with Crippen molar-refractivity contribution < 1.29 is 27.0 Å². The van der Waals surface area contributed by atoms with Gasteiger partial charge in [0, 0.05) is 18.2 Å². The first-order valence-corrected chi connectivity index (χ1v) is 6.79. The van der Waals surface area contributed by atoms with Crippen LogP contribution in [0.3, 0.4) is 0 Å². The van der Waals surface area contributed by atoms with E-state index in [1.807, 2.05) is 14.1 Å². The maximum Gasteiger partial charge on any atom is 0.330 e. The van der Waals surface area contributed by atoms with Crippen molar-refractivity contribution in [1.29, 1.82) is 0 Å². The summed E-state index contributed by atoms with van der Waals surface area (Å²) in [4.78, 5) is 10.8. The van der Waals surface area contributed by atoms with Crippen molar-refractivity contribution in [2.24, 2.45) is 0 Å². The number of likely N-dealkylation sites (N-methyl/N-ethyl adjacent to an activating group) is 1. The average Bonchev–Trinajstić information content (AvgIpc) is 2.14. The highest BCUT2D eigenvalue weighted by Crippen LogP contribution is 2.01. The monoisotopic (exact) mass is 265 g/mol. The van der Waals surface area contributed by atoms with Crippen LogP contribution in [0.2, 0.25) is 0 Å². The minimum atomic E-state index is -4.14. The highest BCUT2D eigenvalue weighted by atomic mass is 32.2. The highest BCUT2D eigenvalue weighted by molar-refractivity contribution is 7.85. The van der Waals surface area contributed by atoms with Crippen LogP contribution in [0.5, 0.6) is 0 Å². The van der Waals surface area contributed by atoms with E-state index >= 15 is 0 Å². The van der Waals surface area contributed by atoms with Gasteiger partial charge in [-0.2, -0.15) is 0 Å². The molecule has 0 spiro atoms. The van der Waals surface area contributed by atoms with Crippen molar-refractivity contribution in [2.45, 2.75) is 6.42 Å². The van der Waals surface area contributed by atoms with E-state index in [1.54, 1.807) is 0 Å². The van der Waals surface area contributed by atoms with E-state index in [-0.39, 0.29) is 12.4 Å². The smallest absolute Gasteiger partial charge is 0.330 e. The maximum absolute atomic E-state index is 10.8. The number of carbonyl (C=O) groups is 1. The van der Waals surface area contributed by atoms with Crippen LogP contribution in [-0.4, -0.2) is 63.0 Å². The molecule has 0 atom stereocenters. The molecule has 0 saturated carbocycles.